The molecule has 0 radical (unpaired) electrons. The normalized spacial score (nSPS) is 11.0. The van der Waals surface area contributed by atoms with E-state index in [2.05, 4.69) is 25.7 Å². The van der Waals surface area contributed by atoms with Crippen LogP contribution >= 0.6 is 11.8 Å². The lowest BCUT2D eigenvalue weighted by molar-refractivity contribution is 0.387. The van der Waals surface area contributed by atoms with E-state index in [-0.39, 0.29) is 0 Å². The van der Waals surface area contributed by atoms with Gasteiger partial charge in [0.1, 0.15) is 5.82 Å². The smallest absolute Gasteiger partial charge is 0.237 e. The van der Waals surface area contributed by atoms with E-state index in [1.54, 1.807) is 6.92 Å². The summed E-state index contributed by atoms with van der Waals surface area (Å²) in [6.07, 6.45) is 0. The van der Waals surface area contributed by atoms with Gasteiger partial charge in [-0.3, -0.25) is 0 Å². The zero-order valence-electron chi connectivity index (χ0n) is 9.97. The second-order valence-corrected chi connectivity index (χ2v) is 4.45. The lowest BCUT2D eigenvalue weighted by atomic mass is 10.6. The number of rotatable bonds is 5. The maximum Gasteiger partial charge on any atom is 0.237 e. The quantitative estimate of drug-likeness (QED) is 0.779. The number of hydrogen-bond donors (Lipinski definition) is 1. The first-order chi connectivity index (χ1) is 8.20. The predicted molar refractivity (Wildman–Crippen MR) is 62.4 cm³/mol. The number of aryl methyl sites for hydroxylation is 1. The van der Waals surface area contributed by atoms with Crippen LogP contribution in [0.15, 0.2) is 9.68 Å². The summed E-state index contributed by atoms with van der Waals surface area (Å²) < 4.78 is 6.98. The van der Waals surface area contributed by atoms with Gasteiger partial charge in [0, 0.05) is 7.05 Å². The zero-order valence-corrected chi connectivity index (χ0v) is 10.8. The number of nitrogens with one attached hydrogen (secondary N) is 1. The summed E-state index contributed by atoms with van der Waals surface area (Å²) in [5.41, 5.74) is 0. The Bertz CT molecular complexity index is 493. The molecule has 0 bridgehead atoms. The number of nitrogens with zero attached hydrogens (tertiary/aromatic N) is 5. The van der Waals surface area contributed by atoms with E-state index in [1.807, 2.05) is 18.7 Å². The molecule has 0 aliphatic carbocycles. The molecule has 1 N–H and O–H groups in total. The lowest BCUT2D eigenvalue weighted by Gasteiger charge is -2.01. The van der Waals surface area contributed by atoms with E-state index in [0.29, 0.717) is 24.0 Å². The van der Waals surface area contributed by atoms with Crippen LogP contribution in [0, 0.1) is 6.92 Å². The van der Waals surface area contributed by atoms with Gasteiger partial charge in [0.15, 0.2) is 11.0 Å². The Morgan fingerprint density at radius 1 is 1.41 bits per heavy atom. The monoisotopic (exact) mass is 254 g/mol. The molecule has 2 aromatic rings. The Labute approximate surface area is 103 Å². The molecule has 2 heterocycles. The zero-order chi connectivity index (χ0) is 12.3. The maximum absolute atomic E-state index is 5.03. The van der Waals surface area contributed by atoms with E-state index < -0.39 is 0 Å². The van der Waals surface area contributed by atoms with Gasteiger partial charge in [0.2, 0.25) is 5.89 Å². The van der Waals surface area contributed by atoms with E-state index in [9.17, 15) is 0 Å². The van der Waals surface area contributed by atoms with Crippen molar-refractivity contribution in [3.63, 3.8) is 0 Å². The van der Waals surface area contributed by atoms with Crippen LogP contribution in [-0.4, -0.2) is 32.0 Å². The molecule has 0 atom stereocenters. The molecule has 7 nitrogen and oxygen atoms in total. The Kier molecular flexibility index (Phi) is 3.75. The van der Waals surface area contributed by atoms with Crippen LogP contribution in [0.3, 0.4) is 0 Å². The molecule has 0 amide bonds. The molecule has 0 fully saturated rings. The van der Waals surface area contributed by atoms with Crippen LogP contribution in [0.25, 0.3) is 0 Å². The molecule has 0 aliphatic rings. The topological polar surface area (TPSA) is 81.7 Å². The predicted octanol–water partition coefficient (Wildman–Crippen LogP) is 0.518. The minimum absolute atomic E-state index is 0.602. The van der Waals surface area contributed by atoms with Crippen molar-refractivity contribution in [3.8, 4) is 0 Å². The first-order valence-corrected chi connectivity index (χ1v) is 6.14. The van der Waals surface area contributed by atoms with Crippen molar-refractivity contribution < 1.29 is 4.52 Å². The second-order valence-electron chi connectivity index (χ2n) is 3.51. The molecule has 0 spiro atoms. The number of hydrogen-bond acceptors (Lipinski definition) is 7. The molecular weight excluding hydrogens is 240 g/mol. The molecule has 0 aromatic carbocycles. The molecule has 0 aliphatic heterocycles. The van der Waals surface area contributed by atoms with Crippen molar-refractivity contribution in [3.05, 3.63) is 17.5 Å². The minimum atomic E-state index is 0.602. The van der Waals surface area contributed by atoms with Crippen LogP contribution in [-0.2, 0) is 19.3 Å². The average Bonchev–Trinajstić information content (AvgIpc) is 2.86. The van der Waals surface area contributed by atoms with E-state index >= 15 is 0 Å². The highest BCUT2D eigenvalue weighted by Gasteiger charge is 2.10. The fourth-order valence-corrected chi connectivity index (χ4v) is 2.08. The molecule has 0 saturated carbocycles. The van der Waals surface area contributed by atoms with Gasteiger partial charge < -0.3 is 14.4 Å². The largest absolute Gasteiger partial charge is 0.338 e. The Morgan fingerprint density at radius 3 is 2.88 bits per heavy atom. The summed E-state index contributed by atoms with van der Waals surface area (Å²) in [7, 11) is 3.82. The van der Waals surface area contributed by atoms with Gasteiger partial charge in [-0.05, 0) is 14.0 Å². The highest BCUT2D eigenvalue weighted by molar-refractivity contribution is 7.98. The third-order valence-corrected chi connectivity index (χ3v) is 3.16. The third kappa shape index (κ3) is 2.83. The fourth-order valence-electron chi connectivity index (χ4n) is 1.31. The summed E-state index contributed by atoms with van der Waals surface area (Å²) in [6.45, 7) is 2.49. The Balaban J connectivity index is 1.99. The summed E-state index contributed by atoms with van der Waals surface area (Å²) in [4.78, 5) is 4.13. The SMILES string of the molecule is CNCc1nnc(SCc2nc(C)no2)n1C. The molecule has 0 saturated heterocycles. The van der Waals surface area contributed by atoms with Crippen molar-refractivity contribution in [2.75, 3.05) is 7.05 Å². The van der Waals surface area contributed by atoms with Crippen LogP contribution in [0.4, 0.5) is 0 Å². The molecule has 2 aromatic heterocycles. The van der Waals surface area contributed by atoms with Gasteiger partial charge in [-0.1, -0.05) is 16.9 Å². The van der Waals surface area contributed by atoms with E-state index in [4.69, 9.17) is 4.52 Å². The maximum atomic E-state index is 5.03. The van der Waals surface area contributed by atoms with Crippen LogP contribution in [0.1, 0.15) is 17.5 Å². The average molecular weight is 254 g/mol. The molecule has 8 heteroatoms. The van der Waals surface area contributed by atoms with Gasteiger partial charge in [0.05, 0.1) is 12.3 Å². The highest BCUT2D eigenvalue weighted by Crippen LogP contribution is 2.19. The first-order valence-electron chi connectivity index (χ1n) is 5.15. The van der Waals surface area contributed by atoms with Crippen LogP contribution in [0.2, 0.25) is 0 Å². The summed E-state index contributed by atoms with van der Waals surface area (Å²) in [5, 5.41) is 15.8. The number of aromatic nitrogens is 5. The minimum Gasteiger partial charge on any atom is -0.338 e. The molecule has 17 heavy (non-hydrogen) atoms. The summed E-state index contributed by atoms with van der Waals surface area (Å²) in [6, 6.07) is 0. The number of thioether (sulfide) groups is 1. The summed E-state index contributed by atoms with van der Waals surface area (Å²) >= 11 is 1.53. The van der Waals surface area contributed by atoms with Crippen molar-refractivity contribution in [1.82, 2.24) is 30.2 Å². The standard InChI is InChI=1S/C9H14N6OS/c1-6-11-8(16-14-6)5-17-9-13-12-7(4-10-2)15(9)3/h10H,4-5H2,1-3H3. The van der Waals surface area contributed by atoms with Gasteiger partial charge in [-0.15, -0.1) is 10.2 Å². The van der Waals surface area contributed by atoms with E-state index in [1.165, 1.54) is 11.8 Å². The van der Waals surface area contributed by atoms with Crippen molar-refractivity contribution in [2.24, 2.45) is 7.05 Å². The third-order valence-electron chi connectivity index (χ3n) is 2.15. The lowest BCUT2D eigenvalue weighted by Crippen LogP contribution is -2.10. The van der Waals surface area contributed by atoms with Crippen molar-refractivity contribution >= 4 is 11.8 Å². The molecule has 0 unspecified atom stereocenters. The Morgan fingerprint density at radius 2 is 2.24 bits per heavy atom. The summed E-state index contributed by atoms with van der Waals surface area (Å²) in [5.74, 6) is 2.75. The first kappa shape index (κ1) is 12.1. The van der Waals surface area contributed by atoms with Crippen LogP contribution in [0.5, 0.6) is 0 Å². The highest BCUT2D eigenvalue weighted by atomic mass is 32.2. The second kappa shape index (κ2) is 5.28. The van der Waals surface area contributed by atoms with Crippen molar-refractivity contribution in [2.45, 2.75) is 24.4 Å². The molecule has 2 rings (SSSR count). The van der Waals surface area contributed by atoms with Gasteiger partial charge in [-0.25, -0.2) is 0 Å². The van der Waals surface area contributed by atoms with Gasteiger partial charge in [0.25, 0.3) is 0 Å². The Hall–Kier alpha value is -1.41. The van der Waals surface area contributed by atoms with Crippen molar-refractivity contribution in [1.29, 1.82) is 0 Å². The fraction of sp³-hybridized carbons (Fsp3) is 0.556. The van der Waals surface area contributed by atoms with Crippen LogP contribution < -0.4 is 5.32 Å². The van der Waals surface area contributed by atoms with E-state index in [0.717, 1.165) is 11.0 Å². The van der Waals surface area contributed by atoms with Gasteiger partial charge >= 0.3 is 0 Å². The van der Waals surface area contributed by atoms with Gasteiger partial charge in [-0.2, -0.15) is 4.98 Å². The molecule has 92 valence electrons. The molecular formula is C9H14N6OS.